The van der Waals surface area contributed by atoms with Crippen LogP contribution in [0.15, 0.2) is 24.3 Å². The lowest BCUT2D eigenvalue weighted by Crippen LogP contribution is -2.30. The van der Waals surface area contributed by atoms with Crippen molar-refractivity contribution in [1.29, 1.82) is 0 Å². The van der Waals surface area contributed by atoms with E-state index in [9.17, 15) is 14.4 Å². The quantitative estimate of drug-likeness (QED) is 0.0262. The maximum absolute atomic E-state index is 12.7. The van der Waals surface area contributed by atoms with Gasteiger partial charge in [-0.1, -0.05) is 244 Å². The van der Waals surface area contributed by atoms with Crippen LogP contribution in [0.25, 0.3) is 0 Å². The van der Waals surface area contributed by atoms with Crippen molar-refractivity contribution >= 4 is 17.9 Å². The third kappa shape index (κ3) is 48.8. The van der Waals surface area contributed by atoms with Gasteiger partial charge in [0.1, 0.15) is 13.2 Å². The summed E-state index contributed by atoms with van der Waals surface area (Å²) in [6.45, 7) is 6.56. The van der Waals surface area contributed by atoms with Crippen molar-refractivity contribution in [3.8, 4) is 0 Å². The topological polar surface area (TPSA) is 78.9 Å². The van der Waals surface area contributed by atoms with Gasteiger partial charge in [-0.3, -0.25) is 14.4 Å². The van der Waals surface area contributed by atoms with E-state index in [0.717, 1.165) is 83.5 Å². The molecule has 0 radical (unpaired) electrons. The molecule has 358 valence electrons. The SMILES string of the molecule is CCCCCC/C=C\C/C=C\CCCCCCCC(=O)OC(COC(=O)CCCCCCC)COC(=O)CCCCCCCCCCCCCCCCCCCCCCCC. The lowest BCUT2D eigenvalue weighted by Gasteiger charge is -2.18. The Morgan fingerprint density at radius 3 is 0.918 bits per heavy atom. The molecule has 0 aromatic rings. The summed E-state index contributed by atoms with van der Waals surface area (Å²) in [5.74, 6) is -0.888. The van der Waals surface area contributed by atoms with Crippen LogP contribution in [-0.2, 0) is 28.6 Å². The predicted octanol–water partition coefficient (Wildman–Crippen LogP) is 17.5. The van der Waals surface area contributed by atoms with Gasteiger partial charge in [-0.25, -0.2) is 0 Å². The van der Waals surface area contributed by atoms with Crippen LogP contribution in [0.1, 0.15) is 290 Å². The number of carbonyl (C=O) groups excluding carboxylic acids is 3. The summed E-state index contributed by atoms with van der Waals surface area (Å²) in [5.41, 5.74) is 0. The van der Waals surface area contributed by atoms with E-state index in [-0.39, 0.29) is 31.1 Å². The maximum atomic E-state index is 12.7. The van der Waals surface area contributed by atoms with Crippen LogP contribution in [0.4, 0.5) is 0 Å². The van der Waals surface area contributed by atoms with Crippen molar-refractivity contribution in [3.05, 3.63) is 24.3 Å². The Bertz CT molecular complexity index is 989. The predicted molar refractivity (Wildman–Crippen MR) is 261 cm³/mol. The van der Waals surface area contributed by atoms with E-state index in [1.54, 1.807) is 0 Å². The average Bonchev–Trinajstić information content (AvgIpc) is 3.26. The second-order valence-corrected chi connectivity index (χ2v) is 18.2. The molecule has 0 aliphatic carbocycles. The molecule has 0 saturated carbocycles. The minimum Gasteiger partial charge on any atom is -0.462 e. The standard InChI is InChI=1S/C55H102O6/c1-4-7-10-13-15-17-19-21-23-25-26-27-28-29-30-32-33-35-37-39-42-45-48-54(57)60-51-52(50-59-53(56)47-44-41-12-9-6-3)61-55(58)49-46-43-40-38-36-34-31-24-22-20-18-16-14-11-8-5-2/h18,20,24,31,52H,4-17,19,21-23,25-30,32-51H2,1-3H3/b20-18-,31-24-. The van der Waals surface area contributed by atoms with Gasteiger partial charge in [0.25, 0.3) is 0 Å². The fourth-order valence-corrected chi connectivity index (χ4v) is 7.89. The fourth-order valence-electron chi connectivity index (χ4n) is 7.89. The average molecular weight is 859 g/mol. The van der Waals surface area contributed by atoms with Crippen LogP contribution in [0.3, 0.4) is 0 Å². The smallest absolute Gasteiger partial charge is 0.306 e. The molecule has 0 spiro atoms. The third-order valence-electron chi connectivity index (χ3n) is 12.0. The number of carbonyl (C=O) groups is 3. The normalized spacial score (nSPS) is 12.1. The molecule has 0 rings (SSSR count). The summed E-state index contributed by atoms with van der Waals surface area (Å²) in [6, 6.07) is 0. The highest BCUT2D eigenvalue weighted by Gasteiger charge is 2.19. The first-order valence-corrected chi connectivity index (χ1v) is 26.8. The van der Waals surface area contributed by atoms with Gasteiger partial charge < -0.3 is 14.2 Å². The molecule has 1 atom stereocenters. The molecule has 0 aliphatic heterocycles. The van der Waals surface area contributed by atoms with E-state index in [1.165, 1.54) is 167 Å². The van der Waals surface area contributed by atoms with Gasteiger partial charge in [-0.15, -0.1) is 0 Å². The molecular formula is C55H102O6. The Morgan fingerprint density at radius 1 is 0.328 bits per heavy atom. The molecule has 0 saturated heterocycles. The highest BCUT2D eigenvalue weighted by Crippen LogP contribution is 2.16. The van der Waals surface area contributed by atoms with Gasteiger partial charge in [0.2, 0.25) is 0 Å². The summed E-state index contributed by atoms with van der Waals surface area (Å²) < 4.78 is 16.7. The zero-order valence-electron chi connectivity index (χ0n) is 40.9. The summed E-state index contributed by atoms with van der Waals surface area (Å²) in [4.78, 5) is 37.7. The fraction of sp³-hybridized carbons (Fsp3) is 0.873. The second kappa shape index (κ2) is 50.5. The Hall–Kier alpha value is -2.11. The number of ether oxygens (including phenoxy) is 3. The van der Waals surface area contributed by atoms with E-state index in [1.807, 2.05) is 0 Å². The molecule has 6 nitrogen and oxygen atoms in total. The van der Waals surface area contributed by atoms with E-state index < -0.39 is 6.10 Å². The molecule has 0 aromatic heterocycles. The monoisotopic (exact) mass is 859 g/mol. The second-order valence-electron chi connectivity index (χ2n) is 18.2. The van der Waals surface area contributed by atoms with Gasteiger partial charge in [0.15, 0.2) is 6.10 Å². The van der Waals surface area contributed by atoms with Gasteiger partial charge in [0, 0.05) is 19.3 Å². The molecule has 1 unspecified atom stereocenters. The van der Waals surface area contributed by atoms with Gasteiger partial charge >= 0.3 is 17.9 Å². The highest BCUT2D eigenvalue weighted by molar-refractivity contribution is 5.71. The number of rotatable bonds is 49. The van der Waals surface area contributed by atoms with Crippen LogP contribution in [0, 0.1) is 0 Å². The van der Waals surface area contributed by atoms with Crippen LogP contribution in [0.2, 0.25) is 0 Å². The molecule has 0 bridgehead atoms. The highest BCUT2D eigenvalue weighted by atomic mass is 16.6. The minimum atomic E-state index is -0.771. The Kier molecular flexibility index (Phi) is 48.8. The molecule has 6 heteroatoms. The van der Waals surface area contributed by atoms with E-state index in [0.29, 0.717) is 19.3 Å². The van der Waals surface area contributed by atoms with E-state index >= 15 is 0 Å². The Labute approximate surface area is 379 Å². The van der Waals surface area contributed by atoms with Gasteiger partial charge in [-0.05, 0) is 51.4 Å². The molecule has 0 aliphatic rings. The molecule has 61 heavy (non-hydrogen) atoms. The van der Waals surface area contributed by atoms with Crippen LogP contribution in [-0.4, -0.2) is 37.2 Å². The zero-order valence-corrected chi connectivity index (χ0v) is 40.9. The summed E-state index contributed by atoms with van der Waals surface area (Å²) in [5, 5.41) is 0. The minimum absolute atomic E-state index is 0.0735. The molecule has 0 aromatic carbocycles. The first-order chi connectivity index (χ1) is 30.0. The van der Waals surface area contributed by atoms with Crippen molar-refractivity contribution in [2.75, 3.05) is 13.2 Å². The Balaban J connectivity index is 4.08. The maximum Gasteiger partial charge on any atom is 0.306 e. The first-order valence-electron chi connectivity index (χ1n) is 26.8. The number of hydrogen-bond acceptors (Lipinski definition) is 6. The van der Waals surface area contributed by atoms with E-state index in [4.69, 9.17) is 14.2 Å². The zero-order chi connectivity index (χ0) is 44.4. The summed E-state index contributed by atoms with van der Waals surface area (Å²) in [6.07, 6.45) is 57.8. The lowest BCUT2D eigenvalue weighted by molar-refractivity contribution is -0.167. The summed E-state index contributed by atoms with van der Waals surface area (Å²) in [7, 11) is 0. The van der Waals surface area contributed by atoms with Crippen LogP contribution >= 0.6 is 0 Å². The van der Waals surface area contributed by atoms with Crippen LogP contribution in [0.5, 0.6) is 0 Å². The van der Waals surface area contributed by atoms with Gasteiger partial charge in [0.05, 0.1) is 0 Å². The number of esters is 3. The molecule has 0 N–H and O–H groups in total. The number of hydrogen-bond donors (Lipinski definition) is 0. The molecule has 0 fully saturated rings. The van der Waals surface area contributed by atoms with Crippen molar-refractivity contribution in [2.45, 2.75) is 297 Å². The van der Waals surface area contributed by atoms with Crippen molar-refractivity contribution in [1.82, 2.24) is 0 Å². The van der Waals surface area contributed by atoms with Crippen molar-refractivity contribution in [3.63, 3.8) is 0 Å². The molecule has 0 amide bonds. The van der Waals surface area contributed by atoms with Crippen molar-refractivity contribution < 1.29 is 28.6 Å². The lowest BCUT2D eigenvalue weighted by atomic mass is 10.0. The van der Waals surface area contributed by atoms with Crippen molar-refractivity contribution in [2.24, 2.45) is 0 Å². The van der Waals surface area contributed by atoms with E-state index in [2.05, 4.69) is 45.1 Å². The molecule has 0 heterocycles. The number of unbranched alkanes of at least 4 members (excludes halogenated alkanes) is 34. The largest absolute Gasteiger partial charge is 0.462 e. The van der Waals surface area contributed by atoms with Gasteiger partial charge in [-0.2, -0.15) is 0 Å². The summed E-state index contributed by atoms with van der Waals surface area (Å²) >= 11 is 0. The number of allylic oxidation sites excluding steroid dienone is 4. The molecular weight excluding hydrogens is 757 g/mol. The Morgan fingerprint density at radius 2 is 0.590 bits per heavy atom. The third-order valence-corrected chi connectivity index (χ3v) is 12.0. The van der Waals surface area contributed by atoms with Crippen LogP contribution < -0.4 is 0 Å². The first kappa shape index (κ1) is 58.9.